The van der Waals surface area contributed by atoms with Crippen molar-refractivity contribution < 1.29 is 19.1 Å². The Labute approximate surface area is 184 Å². The number of rotatable bonds is 6. The summed E-state index contributed by atoms with van der Waals surface area (Å²) in [6.07, 6.45) is 0.633. The highest BCUT2D eigenvalue weighted by atomic mass is 35.5. The van der Waals surface area contributed by atoms with Gasteiger partial charge in [-0.15, -0.1) is 0 Å². The third kappa shape index (κ3) is 4.51. The van der Waals surface area contributed by atoms with Crippen molar-refractivity contribution >= 4 is 40.7 Å². The molecule has 1 fully saturated rings. The lowest BCUT2D eigenvalue weighted by Gasteiger charge is -2.26. The van der Waals surface area contributed by atoms with Crippen molar-refractivity contribution in [3.8, 4) is 0 Å². The molecule has 1 heterocycles. The number of amides is 1. The van der Waals surface area contributed by atoms with Gasteiger partial charge in [0.1, 0.15) is 11.6 Å². The lowest BCUT2D eigenvalue weighted by Crippen LogP contribution is -2.32. The molecule has 1 saturated heterocycles. The Hall–Kier alpha value is -2.41. The molecule has 2 aromatic rings. The monoisotopic (exact) mass is 450 g/mol. The molecule has 0 spiro atoms. The molecule has 1 amide bonds. The Balaban J connectivity index is 2.11. The van der Waals surface area contributed by atoms with Crippen LogP contribution in [0.4, 0.5) is 4.39 Å². The van der Waals surface area contributed by atoms with E-state index < -0.39 is 23.5 Å². The second-order valence-electron chi connectivity index (χ2n) is 7.33. The van der Waals surface area contributed by atoms with Crippen molar-refractivity contribution in [3.63, 3.8) is 0 Å². The van der Waals surface area contributed by atoms with Crippen LogP contribution in [0.2, 0.25) is 10.0 Å². The number of nitrogens with zero attached hydrogens (tertiary/aromatic N) is 2. The highest BCUT2D eigenvalue weighted by Crippen LogP contribution is 2.41. The normalized spacial score (nSPS) is 18.5. The number of Topliss-reactive ketones (excluding diaryl/α,β-unsaturated/α-hetero) is 1. The van der Waals surface area contributed by atoms with Gasteiger partial charge in [0.05, 0.1) is 21.7 Å². The van der Waals surface area contributed by atoms with Gasteiger partial charge in [0, 0.05) is 12.1 Å². The fourth-order valence-corrected chi connectivity index (χ4v) is 3.77. The van der Waals surface area contributed by atoms with Gasteiger partial charge >= 0.3 is 0 Å². The molecule has 3 rings (SSSR count). The largest absolute Gasteiger partial charge is 0.507 e. The highest BCUT2D eigenvalue weighted by Gasteiger charge is 2.45. The van der Waals surface area contributed by atoms with Crippen LogP contribution < -0.4 is 0 Å². The molecule has 0 aliphatic carbocycles. The smallest absolute Gasteiger partial charge is 0.295 e. The van der Waals surface area contributed by atoms with Gasteiger partial charge in [-0.3, -0.25) is 9.59 Å². The zero-order valence-electron chi connectivity index (χ0n) is 16.5. The molecule has 0 bridgehead atoms. The molecule has 5 nitrogen and oxygen atoms in total. The van der Waals surface area contributed by atoms with Crippen LogP contribution in [-0.2, 0) is 9.59 Å². The molecular weight excluding hydrogens is 430 g/mol. The molecule has 30 heavy (non-hydrogen) atoms. The van der Waals surface area contributed by atoms with E-state index in [0.717, 1.165) is 6.54 Å². The first-order valence-corrected chi connectivity index (χ1v) is 10.1. The summed E-state index contributed by atoms with van der Waals surface area (Å²) in [6.45, 7) is 1.03. The van der Waals surface area contributed by atoms with Gasteiger partial charge in [0.25, 0.3) is 11.7 Å². The number of hydrogen-bond donors (Lipinski definition) is 1. The summed E-state index contributed by atoms with van der Waals surface area (Å²) >= 11 is 12.2. The second kappa shape index (κ2) is 9.16. The summed E-state index contributed by atoms with van der Waals surface area (Å²) in [7, 11) is 3.83. The quantitative estimate of drug-likeness (QED) is 0.399. The Bertz CT molecular complexity index is 1010. The van der Waals surface area contributed by atoms with Crippen LogP contribution in [0.25, 0.3) is 5.76 Å². The summed E-state index contributed by atoms with van der Waals surface area (Å²) in [4.78, 5) is 29.1. The first-order valence-electron chi connectivity index (χ1n) is 9.34. The van der Waals surface area contributed by atoms with Crippen molar-refractivity contribution in [2.45, 2.75) is 12.5 Å². The molecule has 0 saturated carbocycles. The number of likely N-dealkylation sites (tertiary alicyclic amines) is 1. The SMILES string of the molecule is CN(C)CCCN1C(=O)C(=O)/C(=C(/O)c2ccc(F)cc2)[C@@H]1c1ccc(Cl)c(Cl)c1. The predicted octanol–water partition coefficient (Wildman–Crippen LogP) is 4.51. The minimum atomic E-state index is -0.827. The molecule has 0 radical (unpaired) electrons. The summed E-state index contributed by atoms with van der Waals surface area (Å²) in [6, 6.07) is 9.07. The van der Waals surface area contributed by atoms with Crippen LogP contribution in [0, 0.1) is 5.82 Å². The minimum absolute atomic E-state index is 0.0603. The number of carbonyl (C=O) groups excluding carboxylic acids is 2. The van der Waals surface area contributed by atoms with Gasteiger partial charge in [-0.05, 0) is 69.0 Å². The molecule has 0 unspecified atom stereocenters. The first-order chi connectivity index (χ1) is 14.2. The standard InChI is InChI=1S/C22H21Cl2FN2O3/c1-26(2)10-3-11-27-19(14-6-9-16(23)17(24)12-14)18(21(29)22(27)30)20(28)13-4-7-15(25)8-5-13/h4-9,12,19,28H,3,10-11H2,1-2H3/b20-18+/t19-/m0/s1. The minimum Gasteiger partial charge on any atom is -0.507 e. The fourth-order valence-electron chi connectivity index (χ4n) is 3.46. The Morgan fingerprint density at radius 2 is 1.77 bits per heavy atom. The van der Waals surface area contributed by atoms with Crippen molar-refractivity contribution in [1.82, 2.24) is 9.80 Å². The lowest BCUT2D eigenvalue weighted by atomic mass is 9.95. The number of carbonyl (C=O) groups is 2. The fraction of sp³-hybridized carbons (Fsp3) is 0.273. The van der Waals surface area contributed by atoms with E-state index in [9.17, 15) is 19.1 Å². The van der Waals surface area contributed by atoms with Crippen molar-refractivity contribution in [2.75, 3.05) is 27.2 Å². The van der Waals surface area contributed by atoms with E-state index in [1.54, 1.807) is 18.2 Å². The van der Waals surface area contributed by atoms with Crippen LogP contribution in [0.15, 0.2) is 48.0 Å². The first kappa shape index (κ1) is 22.3. The van der Waals surface area contributed by atoms with Crippen LogP contribution in [0.1, 0.15) is 23.6 Å². The predicted molar refractivity (Wildman–Crippen MR) is 115 cm³/mol. The summed E-state index contributed by atoms with van der Waals surface area (Å²) < 4.78 is 13.3. The molecule has 158 valence electrons. The average Bonchev–Trinajstić information content (AvgIpc) is 2.95. The van der Waals surface area contributed by atoms with E-state index in [4.69, 9.17) is 23.2 Å². The van der Waals surface area contributed by atoms with Gasteiger partial charge in [0.2, 0.25) is 0 Å². The highest BCUT2D eigenvalue weighted by molar-refractivity contribution is 6.46. The third-order valence-electron chi connectivity index (χ3n) is 4.92. The van der Waals surface area contributed by atoms with E-state index in [1.165, 1.54) is 29.2 Å². The van der Waals surface area contributed by atoms with Crippen LogP contribution in [0.3, 0.4) is 0 Å². The number of benzene rings is 2. The van der Waals surface area contributed by atoms with Crippen LogP contribution in [0.5, 0.6) is 0 Å². The maximum atomic E-state index is 13.3. The molecule has 1 N–H and O–H groups in total. The Morgan fingerprint density at radius 1 is 1.10 bits per heavy atom. The molecule has 2 aromatic carbocycles. The van der Waals surface area contributed by atoms with Crippen molar-refractivity contribution in [1.29, 1.82) is 0 Å². The molecule has 1 aliphatic heterocycles. The van der Waals surface area contributed by atoms with Gasteiger partial charge in [-0.2, -0.15) is 0 Å². The van der Waals surface area contributed by atoms with E-state index in [-0.39, 0.29) is 21.9 Å². The van der Waals surface area contributed by atoms with Gasteiger partial charge < -0.3 is 14.9 Å². The molecule has 0 aromatic heterocycles. The van der Waals surface area contributed by atoms with Crippen molar-refractivity contribution in [2.24, 2.45) is 0 Å². The Morgan fingerprint density at radius 3 is 2.37 bits per heavy atom. The number of ketones is 1. The number of aliphatic hydroxyl groups excluding tert-OH is 1. The Kier molecular flexibility index (Phi) is 6.81. The topological polar surface area (TPSA) is 60.9 Å². The number of aliphatic hydroxyl groups is 1. The van der Waals surface area contributed by atoms with Crippen molar-refractivity contribution in [3.05, 3.63) is 75.0 Å². The van der Waals surface area contributed by atoms with Gasteiger partial charge in [-0.1, -0.05) is 29.3 Å². The number of halogens is 3. The molecule has 1 aliphatic rings. The molecule has 8 heteroatoms. The van der Waals surface area contributed by atoms with E-state index in [0.29, 0.717) is 23.6 Å². The summed E-state index contributed by atoms with van der Waals surface area (Å²) in [5.74, 6) is -2.33. The molecule has 1 atom stereocenters. The number of hydrogen-bond acceptors (Lipinski definition) is 4. The average molecular weight is 451 g/mol. The molecular formula is C22H21Cl2FN2O3. The van der Waals surface area contributed by atoms with Gasteiger partial charge in [0.15, 0.2) is 0 Å². The lowest BCUT2D eigenvalue weighted by molar-refractivity contribution is -0.139. The summed E-state index contributed by atoms with van der Waals surface area (Å²) in [5, 5.41) is 11.5. The van der Waals surface area contributed by atoms with Gasteiger partial charge in [-0.25, -0.2) is 4.39 Å². The maximum Gasteiger partial charge on any atom is 0.295 e. The summed E-state index contributed by atoms with van der Waals surface area (Å²) in [5.41, 5.74) is 0.736. The van der Waals surface area contributed by atoms with Crippen LogP contribution in [-0.4, -0.2) is 53.8 Å². The van der Waals surface area contributed by atoms with E-state index >= 15 is 0 Å². The van der Waals surface area contributed by atoms with E-state index in [2.05, 4.69) is 0 Å². The maximum absolute atomic E-state index is 13.3. The third-order valence-corrected chi connectivity index (χ3v) is 5.66. The zero-order valence-corrected chi connectivity index (χ0v) is 18.0. The second-order valence-corrected chi connectivity index (χ2v) is 8.14. The zero-order chi connectivity index (χ0) is 22.0. The van der Waals surface area contributed by atoms with Crippen LogP contribution >= 0.6 is 23.2 Å². The van der Waals surface area contributed by atoms with E-state index in [1.807, 2.05) is 19.0 Å².